The molecular weight excluding hydrogens is 320 g/mol. The van der Waals surface area contributed by atoms with Gasteiger partial charge in [0.1, 0.15) is 0 Å². The molecule has 0 bridgehead atoms. The zero-order chi connectivity index (χ0) is 18.3. The van der Waals surface area contributed by atoms with Gasteiger partial charge in [-0.15, -0.1) is 0 Å². The monoisotopic (exact) mass is 352 g/mol. The molecule has 25 heavy (non-hydrogen) atoms. The van der Waals surface area contributed by atoms with Crippen LogP contribution in [0.1, 0.15) is 71.1 Å². The van der Waals surface area contributed by atoms with E-state index in [1.165, 1.54) is 0 Å². The van der Waals surface area contributed by atoms with Gasteiger partial charge in [0.25, 0.3) is 0 Å². The molecule has 1 heterocycles. The minimum Gasteiger partial charge on any atom is -0.481 e. The Hall–Kier alpha value is -1.59. The molecule has 6 heteroatoms. The number of nitrogens with zero attached hydrogens (tertiary/aromatic N) is 1. The van der Waals surface area contributed by atoms with Crippen molar-refractivity contribution >= 4 is 17.8 Å². The van der Waals surface area contributed by atoms with Crippen molar-refractivity contribution in [3.8, 4) is 0 Å². The predicted molar refractivity (Wildman–Crippen MR) is 95.0 cm³/mol. The van der Waals surface area contributed by atoms with Crippen LogP contribution in [0, 0.1) is 11.3 Å². The van der Waals surface area contributed by atoms with Crippen molar-refractivity contribution in [1.82, 2.24) is 10.2 Å². The van der Waals surface area contributed by atoms with Gasteiger partial charge >= 0.3 is 5.97 Å². The van der Waals surface area contributed by atoms with E-state index in [1.54, 1.807) is 0 Å². The minimum absolute atomic E-state index is 0.0168. The van der Waals surface area contributed by atoms with Crippen molar-refractivity contribution in [2.45, 2.75) is 71.1 Å². The van der Waals surface area contributed by atoms with Crippen molar-refractivity contribution < 1.29 is 19.5 Å². The van der Waals surface area contributed by atoms with Gasteiger partial charge in [-0.25, -0.2) is 0 Å². The SMILES string of the molecule is CCCC(CC1(C(=O)NCCN2CCCCC2=O)CCCC1)C(=O)O. The summed E-state index contributed by atoms with van der Waals surface area (Å²) in [6, 6.07) is 0. The third kappa shape index (κ3) is 5.19. The zero-order valence-electron chi connectivity index (χ0n) is 15.4. The summed E-state index contributed by atoms with van der Waals surface area (Å²) in [5, 5.41) is 12.5. The molecule has 142 valence electrons. The van der Waals surface area contributed by atoms with Crippen LogP contribution in [0.2, 0.25) is 0 Å². The Morgan fingerprint density at radius 3 is 2.56 bits per heavy atom. The standard InChI is InChI=1S/C19H32N2O4/c1-2-7-15(17(23)24)14-19(9-4-5-10-19)18(25)20-11-13-21-12-6-3-8-16(21)22/h15H,2-14H2,1H3,(H,20,25)(H,23,24). The van der Waals surface area contributed by atoms with E-state index in [-0.39, 0.29) is 11.8 Å². The number of hydrogen-bond donors (Lipinski definition) is 2. The molecule has 0 aromatic heterocycles. The highest BCUT2D eigenvalue weighted by Crippen LogP contribution is 2.44. The Bertz CT molecular complexity index is 486. The van der Waals surface area contributed by atoms with Crippen LogP contribution in [0.15, 0.2) is 0 Å². The van der Waals surface area contributed by atoms with Crippen LogP contribution in [0.25, 0.3) is 0 Å². The lowest BCUT2D eigenvalue weighted by Gasteiger charge is -2.31. The molecule has 1 saturated carbocycles. The highest BCUT2D eigenvalue weighted by molar-refractivity contribution is 5.84. The number of likely N-dealkylation sites (tertiary alicyclic amines) is 1. The third-order valence-electron chi connectivity index (χ3n) is 5.75. The number of carbonyl (C=O) groups excluding carboxylic acids is 2. The molecule has 1 aliphatic heterocycles. The number of hydrogen-bond acceptors (Lipinski definition) is 3. The van der Waals surface area contributed by atoms with Gasteiger partial charge < -0.3 is 15.3 Å². The van der Waals surface area contributed by atoms with Crippen molar-refractivity contribution in [2.75, 3.05) is 19.6 Å². The second kappa shape index (κ2) is 9.20. The lowest BCUT2D eigenvalue weighted by molar-refractivity contribution is -0.145. The lowest BCUT2D eigenvalue weighted by Crippen LogP contribution is -2.46. The normalized spacial score (nSPS) is 21.2. The molecule has 0 spiro atoms. The third-order valence-corrected chi connectivity index (χ3v) is 5.75. The molecule has 1 atom stereocenters. The number of nitrogens with one attached hydrogen (secondary N) is 1. The summed E-state index contributed by atoms with van der Waals surface area (Å²) in [5.41, 5.74) is -0.538. The molecular formula is C19H32N2O4. The van der Waals surface area contributed by atoms with Gasteiger partial charge in [0.05, 0.1) is 5.92 Å². The van der Waals surface area contributed by atoms with E-state index in [1.807, 2.05) is 11.8 Å². The van der Waals surface area contributed by atoms with E-state index in [0.717, 1.165) is 51.5 Å². The number of rotatable bonds is 9. The first-order valence-electron chi connectivity index (χ1n) is 9.77. The lowest BCUT2D eigenvalue weighted by atomic mass is 9.75. The molecule has 2 aliphatic rings. The van der Waals surface area contributed by atoms with Crippen LogP contribution >= 0.6 is 0 Å². The number of amides is 2. The average molecular weight is 352 g/mol. The maximum Gasteiger partial charge on any atom is 0.306 e. The number of aliphatic carboxylic acids is 1. The van der Waals surface area contributed by atoms with Gasteiger partial charge in [-0.1, -0.05) is 26.2 Å². The van der Waals surface area contributed by atoms with E-state index in [0.29, 0.717) is 32.4 Å². The molecule has 1 saturated heterocycles. The molecule has 0 aromatic rings. The highest BCUT2D eigenvalue weighted by atomic mass is 16.4. The Balaban J connectivity index is 1.90. The van der Waals surface area contributed by atoms with Gasteiger partial charge in [0.2, 0.25) is 11.8 Å². The summed E-state index contributed by atoms with van der Waals surface area (Å²) in [5.74, 6) is -1.08. The molecule has 2 rings (SSSR count). The highest BCUT2D eigenvalue weighted by Gasteiger charge is 2.43. The zero-order valence-corrected chi connectivity index (χ0v) is 15.4. The summed E-state index contributed by atoms with van der Waals surface area (Å²) < 4.78 is 0. The molecule has 6 nitrogen and oxygen atoms in total. The molecule has 0 radical (unpaired) electrons. The molecule has 2 N–H and O–H groups in total. The van der Waals surface area contributed by atoms with E-state index in [2.05, 4.69) is 5.32 Å². The van der Waals surface area contributed by atoms with Gasteiger partial charge in [-0.05, 0) is 38.5 Å². The van der Waals surface area contributed by atoms with Crippen LogP contribution in [0.4, 0.5) is 0 Å². The van der Waals surface area contributed by atoms with Crippen molar-refractivity contribution in [3.05, 3.63) is 0 Å². The second-order valence-corrected chi connectivity index (χ2v) is 7.61. The summed E-state index contributed by atoms with van der Waals surface area (Å²) in [7, 11) is 0. The van der Waals surface area contributed by atoms with E-state index in [9.17, 15) is 19.5 Å². The predicted octanol–water partition coefficient (Wildman–Crippen LogP) is 2.57. The number of carboxylic acid groups (broad SMARTS) is 1. The van der Waals surface area contributed by atoms with Crippen LogP contribution in [-0.2, 0) is 14.4 Å². The number of carboxylic acids is 1. The number of piperidine rings is 1. The van der Waals surface area contributed by atoms with Crippen LogP contribution in [0.3, 0.4) is 0 Å². The smallest absolute Gasteiger partial charge is 0.306 e. The second-order valence-electron chi connectivity index (χ2n) is 7.61. The summed E-state index contributed by atoms with van der Waals surface area (Å²) in [6.07, 6.45) is 7.97. The van der Waals surface area contributed by atoms with E-state index < -0.39 is 17.3 Å². The first-order chi connectivity index (χ1) is 12.0. The van der Waals surface area contributed by atoms with Crippen LogP contribution < -0.4 is 5.32 Å². The topological polar surface area (TPSA) is 86.7 Å². The minimum atomic E-state index is -0.792. The molecule has 2 fully saturated rings. The van der Waals surface area contributed by atoms with Gasteiger partial charge in [0.15, 0.2) is 0 Å². The van der Waals surface area contributed by atoms with E-state index in [4.69, 9.17) is 0 Å². The van der Waals surface area contributed by atoms with Crippen molar-refractivity contribution in [3.63, 3.8) is 0 Å². The fraction of sp³-hybridized carbons (Fsp3) is 0.842. The maximum atomic E-state index is 12.8. The van der Waals surface area contributed by atoms with E-state index >= 15 is 0 Å². The van der Waals surface area contributed by atoms with Crippen molar-refractivity contribution in [1.29, 1.82) is 0 Å². The fourth-order valence-corrected chi connectivity index (χ4v) is 4.30. The molecule has 1 unspecified atom stereocenters. The Labute approximate surface area is 150 Å². The Kier molecular flexibility index (Phi) is 7.26. The first-order valence-corrected chi connectivity index (χ1v) is 9.77. The quantitative estimate of drug-likeness (QED) is 0.668. The summed E-state index contributed by atoms with van der Waals surface area (Å²) in [4.78, 5) is 38.0. The van der Waals surface area contributed by atoms with Gasteiger partial charge in [-0.3, -0.25) is 14.4 Å². The van der Waals surface area contributed by atoms with Gasteiger partial charge in [0, 0.05) is 31.5 Å². The van der Waals surface area contributed by atoms with Crippen molar-refractivity contribution in [2.24, 2.45) is 11.3 Å². The summed E-state index contributed by atoms with van der Waals surface area (Å²) >= 11 is 0. The van der Waals surface area contributed by atoms with Crippen LogP contribution in [0.5, 0.6) is 0 Å². The number of carbonyl (C=O) groups is 3. The fourth-order valence-electron chi connectivity index (χ4n) is 4.30. The molecule has 1 aliphatic carbocycles. The van der Waals surface area contributed by atoms with Gasteiger partial charge in [-0.2, -0.15) is 0 Å². The van der Waals surface area contributed by atoms with Crippen LogP contribution in [-0.4, -0.2) is 47.4 Å². The Morgan fingerprint density at radius 2 is 1.96 bits per heavy atom. The Morgan fingerprint density at radius 1 is 1.24 bits per heavy atom. The largest absolute Gasteiger partial charge is 0.481 e. The molecule has 0 aromatic carbocycles. The summed E-state index contributed by atoms with van der Waals surface area (Å²) in [6.45, 7) is 3.76. The molecule has 2 amide bonds. The first kappa shape index (κ1) is 19.7. The average Bonchev–Trinajstić information content (AvgIpc) is 3.06. The maximum absolute atomic E-state index is 12.8.